The summed E-state index contributed by atoms with van der Waals surface area (Å²) < 4.78 is 13.1. The van der Waals surface area contributed by atoms with Gasteiger partial charge < -0.3 is 10.6 Å². The zero-order valence-corrected chi connectivity index (χ0v) is 11.5. The molecule has 0 aliphatic rings. The van der Waals surface area contributed by atoms with Crippen LogP contribution in [-0.4, -0.2) is 6.54 Å². The molecule has 0 aliphatic carbocycles. The monoisotopic (exact) mass is 278 g/mol. The molecule has 0 amide bonds. The lowest BCUT2D eigenvalue weighted by atomic mass is 10.2. The Morgan fingerprint density at radius 3 is 2.42 bits per heavy atom. The molecule has 0 spiro atoms. The molecule has 0 saturated heterocycles. The second kappa shape index (κ2) is 5.93. The third-order valence-electron chi connectivity index (χ3n) is 3.00. The van der Waals surface area contributed by atoms with Crippen LogP contribution in [-0.2, 0) is 6.54 Å². The van der Waals surface area contributed by atoms with E-state index in [-0.39, 0.29) is 10.8 Å². The van der Waals surface area contributed by atoms with E-state index in [1.165, 1.54) is 6.07 Å². The SMILES string of the molecule is CCN(Cc1ccc(F)c(Cl)c1)c1ccc(N)cc1. The molecule has 2 aromatic rings. The summed E-state index contributed by atoms with van der Waals surface area (Å²) in [5, 5.41) is 0.158. The molecule has 0 bridgehead atoms. The summed E-state index contributed by atoms with van der Waals surface area (Å²) in [5.74, 6) is -0.388. The van der Waals surface area contributed by atoms with E-state index in [1.807, 2.05) is 24.3 Å². The highest BCUT2D eigenvalue weighted by atomic mass is 35.5. The lowest BCUT2D eigenvalue weighted by molar-refractivity contribution is 0.627. The predicted molar refractivity (Wildman–Crippen MR) is 79.0 cm³/mol. The minimum Gasteiger partial charge on any atom is -0.399 e. The van der Waals surface area contributed by atoms with Crippen LogP contribution in [0.1, 0.15) is 12.5 Å². The van der Waals surface area contributed by atoms with Crippen molar-refractivity contribution in [3.8, 4) is 0 Å². The summed E-state index contributed by atoms with van der Waals surface area (Å²) >= 11 is 5.80. The first kappa shape index (κ1) is 13.7. The lowest BCUT2D eigenvalue weighted by Crippen LogP contribution is -2.21. The Balaban J connectivity index is 2.18. The standard InChI is InChI=1S/C15H16ClFN2/c1-2-19(13-6-4-12(18)5-7-13)10-11-3-8-15(17)14(16)9-11/h3-9H,2,10,18H2,1H3. The highest BCUT2D eigenvalue weighted by Gasteiger charge is 2.07. The van der Waals surface area contributed by atoms with Crippen LogP contribution in [0.25, 0.3) is 0 Å². The van der Waals surface area contributed by atoms with Gasteiger partial charge in [-0.15, -0.1) is 0 Å². The average Bonchev–Trinajstić information content (AvgIpc) is 2.41. The van der Waals surface area contributed by atoms with E-state index in [0.29, 0.717) is 6.54 Å². The second-order valence-electron chi connectivity index (χ2n) is 4.35. The molecular formula is C15H16ClFN2. The largest absolute Gasteiger partial charge is 0.399 e. The number of hydrogen-bond donors (Lipinski definition) is 1. The number of hydrogen-bond acceptors (Lipinski definition) is 2. The van der Waals surface area contributed by atoms with E-state index >= 15 is 0 Å². The molecule has 0 aliphatic heterocycles. The van der Waals surface area contributed by atoms with Crippen molar-refractivity contribution in [3.63, 3.8) is 0 Å². The normalized spacial score (nSPS) is 10.5. The molecule has 0 heterocycles. The Morgan fingerprint density at radius 1 is 1.16 bits per heavy atom. The van der Waals surface area contributed by atoms with Gasteiger partial charge >= 0.3 is 0 Å². The lowest BCUT2D eigenvalue weighted by Gasteiger charge is -2.23. The molecule has 2 nitrogen and oxygen atoms in total. The number of nitrogen functional groups attached to an aromatic ring is 1. The maximum absolute atomic E-state index is 13.1. The fraction of sp³-hybridized carbons (Fsp3) is 0.200. The van der Waals surface area contributed by atoms with E-state index < -0.39 is 0 Å². The molecule has 0 atom stereocenters. The van der Waals surface area contributed by atoms with E-state index in [4.69, 9.17) is 17.3 Å². The Hall–Kier alpha value is -1.74. The minimum atomic E-state index is -0.388. The maximum atomic E-state index is 13.1. The van der Waals surface area contributed by atoms with Gasteiger partial charge in [-0.1, -0.05) is 17.7 Å². The van der Waals surface area contributed by atoms with Crippen molar-refractivity contribution >= 4 is 23.0 Å². The minimum absolute atomic E-state index is 0.158. The molecule has 0 saturated carbocycles. The van der Waals surface area contributed by atoms with Gasteiger partial charge in [0, 0.05) is 24.5 Å². The van der Waals surface area contributed by atoms with Gasteiger partial charge in [0.1, 0.15) is 5.82 Å². The van der Waals surface area contributed by atoms with Crippen LogP contribution in [0.4, 0.5) is 15.8 Å². The van der Waals surface area contributed by atoms with Gasteiger partial charge in [0.25, 0.3) is 0 Å². The topological polar surface area (TPSA) is 29.3 Å². The smallest absolute Gasteiger partial charge is 0.141 e. The van der Waals surface area contributed by atoms with E-state index in [9.17, 15) is 4.39 Å². The third-order valence-corrected chi connectivity index (χ3v) is 3.29. The number of anilines is 2. The average molecular weight is 279 g/mol. The van der Waals surface area contributed by atoms with Crippen molar-refractivity contribution in [2.24, 2.45) is 0 Å². The van der Waals surface area contributed by atoms with Crippen LogP contribution < -0.4 is 10.6 Å². The molecule has 2 N–H and O–H groups in total. The molecule has 2 aromatic carbocycles. The van der Waals surface area contributed by atoms with Gasteiger partial charge in [-0.05, 0) is 48.9 Å². The van der Waals surface area contributed by atoms with Gasteiger partial charge in [-0.25, -0.2) is 4.39 Å². The number of rotatable bonds is 4. The van der Waals surface area contributed by atoms with Crippen LogP contribution in [0.5, 0.6) is 0 Å². The Labute approximate surface area is 117 Å². The third kappa shape index (κ3) is 3.38. The molecule has 4 heteroatoms. The van der Waals surface area contributed by atoms with E-state index in [0.717, 1.165) is 23.5 Å². The summed E-state index contributed by atoms with van der Waals surface area (Å²) in [6, 6.07) is 12.5. The Morgan fingerprint density at radius 2 is 1.84 bits per heavy atom. The molecule has 19 heavy (non-hydrogen) atoms. The van der Waals surface area contributed by atoms with Gasteiger partial charge in [0.05, 0.1) is 5.02 Å². The first-order chi connectivity index (χ1) is 9.10. The Kier molecular flexibility index (Phi) is 4.27. The Bertz CT molecular complexity index is 555. The number of nitrogens with zero attached hydrogens (tertiary/aromatic N) is 1. The summed E-state index contributed by atoms with van der Waals surface area (Å²) in [5.41, 5.74) is 8.48. The van der Waals surface area contributed by atoms with Gasteiger partial charge in [0.2, 0.25) is 0 Å². The fourth-order valence-electron chi connectivity index (χ4n) is 1.93. The molecule has 0 fully saturated rings. The van der Waals surface area contributed by atoms with Crippen molar-refractivity contribution < 1.29 is 4.39 Å². The summed E-state index contributed by atoms with van der Waals surface area (Å²) in [6.07, 6.45) is 0. The molecule has 2 rings (SSSR count). The van der Waals surface area contributed by atoms with E-state index in [2.05, 4.69) is 11.8 Å². The number of benzene rings is 2. The van der Waals surface area contributed by atoms with Crippen molar-refractivity contribution in [1.82, 2.24) is 0 Å². The van der Waals surface area contributed by atoms with Crippen LogP contribution in [0.3, 0.4) is 0 Å². The van der Waals surface area contributed by atoms with Crippen molar-refractivity contribution in [2.45, 2.75) is 13.5 Å². The van der Waals surface area contributed by atoms with Crippen LogP contribution >= 0.6 is 11.6 Å². The van der Waals surface area contributed by atoms with Gasteiger partial charge in [0.15, 0.2) is 0 Å². The first-order valence-corrected chi connectivity index (χ1v) is 6.52. The van der Waals surface area contributed by atoms with Crippen molar-refractivity contribution in [3.05, 3.63) is 58.9 Å². The molecule has 0 radical (unpaired) electrons. The van der Waals surface area contributed by atoms with Crippen molar-refractivity contribution in [1.29, 1.82) is 0 Å². The van der Waals surface area contributed by atoms with E-state index in [1.54, 1.807) is 12.1 Å². The first-order valence-electron chi connectivity index (χ1n) is 6.14. The summed E-state index contributed by atoms with van der Waals surface area (Å²) in [6.45, 7) is 3.60. The van der Waals surface area contributed by atoms with Crippen LogP contribution in [0, 0.1) is 5.82 Å². The molecule has 100 valence electrons. The fourth-order valence-corrected chi connectivity index (χ4v) is 2.13. The van der Waals surface area contributed by atoms with Crippen molar-refractivity contribution in [2.75, 3.05) is 17.2 Å². The summed E-state index contributed by atoms with van der Waals surface area (Å²) in [4.78, 5) is 2.17. The summed E-state index contributed by atoms with van der Waals surface area (Å²) in [7, 11) is 0. The van der Waals surface area contributed by atoms with Gasteiger partial charge in [-0.2, -0.15) is 0 Å². The highest BCUT2D eigenvalue weighted by Crippen LogP contribution is 2.21. The maximum Gasteiger partial charge on any atom is 0.141 e. The highest BCUT2D eigenvalue weighted by molar-refractivity contribution is 6.30. The predicted octanol–water partition coefficient (Wildman–Crippen LogP) is 4.09. The molecular weight excluding hydrogens is 263 g/mol. The zero-order valence-electron chi connectivity index (χ0n) is 10.7. The van der Waals surface area contributed by atoms with Crippen LogP contribution in [0.15, 0.2) is 42.5 Å². The number of halogens is 2. The van der Waals surface area contributed by atoms with Gasteiger partial charge in [-0.3, -0.25) is 0 Å². The number of nitrogens with two attached hydrogens (primary N) is 1. The second-order valence-corrected chi connectivity index (χ2v) is 4.76. The quantitative estimate of drug-likeness (QED) is 0.854. The molecule has 0 aromatic heterocycles. The zero-order chi connectivity index (χ0) is 13.8. The van der Waals surface area contributed by atoms with Crippen LogP contribution in [0.2, 0.25) is 5.02 Å². The molecule has 0 unspecified atom stereocenters.